The number of rotatable bonds is 2. The summed E-state index contributed by atoms with van der Waals surface area (Å²) < 4.78 is 6.55. The molecule has 5 aromatic carbocycles. The minimum Gasteiger partial charge on any atom is -0.456 e. The van der Waals surface area contributed by atoms with E-state index in [1.54, 1.807) is 0 Å². The summed E-state index contributed by atoms with van der Waals surface area (Å²) in [7, 11) is 0. The highest BCUT2D eigenvalue weighted by atomic mass is 16.5. The molecule has 6 aromatic rings. The van der Waals surface area contributed by atoms with Gasteiger partial charge in [0.2, 0.25) is 0 Å². The molecule has 36 heavy (non-hydrogen) atoms. The van der Waals surface area contributed by atoms with Crippen LogP contribution in [-0.4, -0.2) is 9.97 Å². The van der Waals surface area contributed by atoms with Gasteiger partial charge in [-0.15, -0.1) is 0 Å². The molecule has 0 radical (unpaired) electrons. The molecule has 0 saturated carbocycles. The molecule has 2 heterocycles. The van der Waals surface area contributed by atoms with Crippen molar-refractivity contribution in [2.24, 2.45) is 0 Å². The first-order valence-electron chi connectivity index (χ1n) is 12.3. The van der Waals surface area contributed by atoms with E-state index in [0.717, 1.165) is 44.8 Å². The quantitative estimate of drug-likeness (QED) is 0.257. The second-order valence-corrected chi connectivity index (χ2v) is 9.85. The highest BCUT2D eigenvalue weighted by Gasteiger charge is 2.35. The van der Waals surface area contributed by atoms with Crippen molar-refractivity contribution in [1.29, 1.82) is 0 Å². The van der Waals surface area contributed by atoms with Gasteiger partial charge in [-0.2, -0.15) is 0 Å². The van der Waals surface area contributed by atoms with Gasteiger partial charge in [0, 0.05) is 27.5 Å². The van der Waals surface area contributed by atoms with Crippen LogP contribution < -0.4 is 4.74 Å². The fourth-order valence-corrected chi connectivity index (χ4v) is 5.48. The van der Waals surface area contributed by atoms with Gasteiger partial charge in [0.15, 0.2) is 5.82 Å². The van der Waals surface area contributed by atoms with Crippen LogP contribution in [0.15, 0.2) is 109 Å². The zero-order valence-electron chi connectivity index (χ0n) is 20.2. The molecule has 172 valence electrons. The van der Waals surface area contributed by atoms with Crippen LogP contribution in [-0.2, 0) is 5.41 Å². The van der Waals surface area contributed by atoms with E-state index >= 15 is 0 Å². The topological polar surface area (TPSA) is 35.0 Å². The lowest BCUT2D eigenvalue weighted by Gasteiger charge is -2.35. The molecule has 1 aliphatic heterocycles. The molecule has 0 fully saturated rings. The summed E-state index contributed by atoms with van der Waals surface area (Å²) in [5.41, 5.74) is 5.98. The van der Waals surface area contributed by atoms with Crippen molar-refractivity contribution >= 4 is 21.7 Å². The van der Waals surface area contributed by atoms with E-state index in [1.807, 2.05) is 24.3 Å². The Morgan fingerprint density at radius 1 is 0.583 bits per heavy atom. The van der Waals surface area contributed by atoms with Gasteiger partial charge >= 0.3 is 0 Å². The standard InChI is InChI=1S/C33H24N2O/c1-33(2)26-17-6-8-20-29(26)36-31-25(16-10-18-27(31)33)32-34-28-19-7-5-14-24(28)30(35-32)23-15-9-12-21-11-3-4-13-22(21)23/h3-20H,1-2H3. The third-order valence-electron chi connectivity index (χ3n) is 7.35. The van der Waals surface area contributed by atoms with Crippen LogP contribution in [0.1, 0.15) is 25.0 Å². The van der Waals surface area contributed by atoms with Crippen molar-refractivity contribution in [2.75, 3.05) is 0 Å². The SMILES string of the molecule is CC1(C)c2ccccc2Oc2c(-c3nc(-c4cccc5ccccc45)c4ccccc4n3)cccc21. The third-order valence-corrected chi connectivity index (χ3v) is 7.35. The fourth-order valence-electron chi connectivity index (χ4n) is 5.48. The van der Waals surface area contributed by atoms with E-state index < -0.39 is 0 Å². The molecular formula is C33H24N2O. The van der Waals surface area contributed by atoms with Crippen molar-refractivity contribution < 1.29 is 4.74 Å². The van der Waals surface area contributed by atoms with Crippen LogP contribution in [0.25, 0.3) is 44.3 Å². The lowest BCUT2D eigenvalue weighted by atomic mass is 9.75. The fraction of sp³-hybridized carbons (Fsp3) is 0.0909. The number of hydrogen-bond acceptors (Lipinski definition) is 3. The van der Waals surface area contributed by atoms with Crippen LogP contribution in [0, 0.1) is 0 Å². The van der Waals surface area contributed by atoms with E-state index in [1.165, 1.54) is 16.3 Å². The van der Waals surface area contributed by atoms with Crippen molar-refractivity contribution in [3.8, 4) is 34.1 Å². The Morgan fingerprint density at radius 3 is 2.17 bits per heavy atom. The second kappa shape index (κ2) is 7.76. The average molecular weight is 465 g/mol. The lowest BCUT2D eigenvalue weighted by molar-refractivity contribution is 0.419. The van der Waals surface area contributed by atoms with Gasteiger partial charge in [-0.3, -0.25) is 0 Å². The van der Waals surface area contributed by atoms with Crippen LogP contribution in [0.5, 0.6) is 11.5 Å². The summed E-state index contributed by atoms with van der Waals surface area (Å²) in [5, 5.41) is 3.41. The zero-order chi connectivity index (χ0) is 24.3. The Hall–Kier alpha value is -4.50. The summed E-state index contributed by atoms with van der Waals surface area (Å²) in [6.07, 6.45) is 0. The van der Waals surface area contributed by atoms with Crippen molar-refractivity contribution in [2.45, 2.75) is 19.3 Å². The maximum Gasteiger partial charge on any atom is 0.164 e. The number of para-hydroxylation sites is 3. The molecule has 1 aliphatic rings. The van der Waals surface area contributed by atoms with Crippen molar-refractivity contribution in [3.63, 3.8) is 0 Å². The molecule has 3 nitrogen and oxygen atoms in total. The number of benzene rings is 5. The van der Waals surface area contributed by atoms with E-state index in [-0.39, 0.29) is 5.41 Å². The Labute approximate surface area is 210 Å². The van der Waals surface area contributed by atoms with Crippen molar-refractivity contribution in [3.05, 3.63) is 120 Å². The molecule has 1 aromatic heterocycles. The first-order valence-corrected chi connectivity index (χ1v) is 12.3. The summed E-state index contributed by atoms with van der Waals surface area (Å²) in [5.74, 6) is 2.39. The van der Waals surface area contributed by atoms with E-state index in [2.05, 4.69) is 98.8 Å². The summed E-state index contributed by atoms with van der Waals surface area (Å²) in [6, 6.07) is 37.7. The van der Waals surface area contributed by atoms with Crippen LogP contribution in [0.3, 0.4) is 0 Å². The Bertz CT molecular complexity index is 1800. The largest absolute Gasteiger partial charge is 0.456 e. The number of ether oxygens (including phenoxy) is 1. The third kappa shape index (κ3) is 3.06. The molecule has 0 amide bonds. The maximum absolute atomic E-state index is 6.55. The molecule has 0 atom stereocenters. The normalized spacial score (nSPS) is 13.7. The van der Waals surface area contributed by atoms with Gasteiger partial charge in [0.1, 0.15) is 11.5 Å². The molecular weight excluding hydrogens is 440 g/mol. The lowest BCUT2D eigenvalue weighted by Crippen LogP contribution is -2.24. The summed E-state index contributed by atoms with van der Waals surface area (Å²) in [6.45, 7) is 4.50. The number of nitrogens with zero attached hydrogens (tertiary/aromatic N) is 2. The molecule has 0 saturated heterocycles. The van der Waals surface area contributed by atoms with E-state index in [4.69, 9.17) is 14.7 Å². The maximum atomic E-state index is 6.55. The van der Waals surface area contributed by atoms with Crippen LogP contribution in [0.2, 0.25) is 0 Å². The monoisotopic (exact) mass is 464 g/mol. The first-order chi connectivity index (χ1) is 17.6. The molecule has 0 bridgehead atoms. The number of hydrogen-bond donors (Lipinski definition) is 0. The Kier molecular flexibility index (Phi) is 4.49. The van der Waals surface area contributed by atoms with Crippen LogP contribution in [0.4, 0.5) is 0 Å². The van der Waals surface area contributed by atoms with Gasteiger partial charge in [0.05, 0.1) is 16.8 Å². The molecule has 7 rings (SSSR count). The predicted molar refractivity (Wildman–Crippen MR) is 147 cm³/mol. The predicted octanol–water partition coefficient (Wildman–Crippen LogP) is 8.55. The zero-order valence-corrected chi connectivity index (χ0v) is 20.2. The first kappa shape index (κ1) is 20.8. The van der Waals surface area contributed by atoms with Gasteiger partial charge in [-0.05, 0) is 29.0 Å². The van der Waals surface area contributed by atoms with Crippen LogP contribution >= 0.6 is 0 Å². The molecule has 0 aliphatic carbocycles. The highest BCUT2D eigenvalue weighted by Crippen LogP contribution is 2.50. The Balaban J connectivity index is 1.51. The van der Waals surface area contributed by atoms with Crippen molar-refractivity contribution in [1.82, 2.24) is 9.97 Å². The molecule has 3 heteroatoms. The van der Waals surface area contributed by atoms with Gasteiger partial charge in [-0.1, -0.05) is 105 Å². The summed E-state index contributed by atoms with van der Waals surface area (Å²) in [4.78, 5) is 10.2. The molecule has 0 unspecified atom stereocenters. The molecule has 0 spiro atoms. The number of fused-ring (bicyclic) bond motifs is 4. The minimum atomic E-state index is -0.199. The van der Waals surface area contributed by atoms with Gasteiger partial charge in [-0.25, -0.2) is 9.97 Å². The van der Waals surface area contributed by atoms with Gasteiger partial charge < -0.3 is 4.74 Å². The van der Waals surface area contributed by atoms with E-state index in [0.29, 0.717) is 5.82 Å². The highest BCUT2D eigenvalue weighted by molar-refractivity contribution is 6.03. The Morgan fingerprint density at radius 2 is 1.25 bits per heavy atom. The average Bonchev–Trinajstić information content (AvgIpc) is 2.92. The minimum absolute atomic E-state index is 0.199. The van der Waals surface area contributed by atoms with Gasteiger partial charge in [0.25, 0.3) is 0 Å². The number of aromatic nitrogens is 2. The van der Waals surface area contributed by atoms with E-state index in [9.17, 15) is 0 Å². The second-order valence-electron chi connectivity index (χ2n) is 9.85. The summed E-state index contributed by atoms with van der Waals surface area (Å²) >= 11 is 0. The molecule has 0 N–H and O–H groups in total. The smallest absolute Gasteiger partial charge is 0.164 e.